The van der Waals surface area contributed by atoms with E-state index in [1.54, 1.807) is 0 Å². The van der Waals surface area contributed by atoms with Crippen molar-refractivity contribution in [1.82, 2.24) is 5.32 Å². The van der Waals surface area contributed by atoms with Gasteiger partial charge in [0.05, 0.1) is 24.1 Å². The number of halogens is 3. The summed E-state index contributed by atoms with van der Waals surface area (Å²) in [7, 11) is 0. The van der Waals surface area contributed by atoms with E-state index in [4.69, 9.17) is 4.74 Å². The number of amidine groups is 1. The van der Waals surface area contributed by atoms with Crippen molar-refractivity contribution in [3.63, 3.8) is 0 Å². The zero-order chi connectivity index (χ0) is 16.9. The van der Waals surface area contributed by atoms with Crippen LogP contribution in [-0.4, -0.2) is 29.6 Å². The molecule has 5 nitrogen and oxygen atoms in total. The van der Waals surface area contributed by atoms with Crippen molar-refractivity contribution in [2.75, 3.05) is 12.4 Å². The average molecular weight is 345 g/mol. The van der Waals surface area contributed by atoms with E-state index in [0.717, 1.165) is 18.6 Å². The third-order valence-corrected chi connectivity index (χ3v) is 3.59. The van der Waals surface area contributed by atoms with E-state index >= 15 is 0 Å². The number of nitrogens with one attached hydrogen (secondary N) is 1. The highest BCUT2D eigenvalue weighted by Gasteiger charge is 2.31. The number of thioether (sulfide) groups is 1. The maximum Gasteiger partial charge on any atom is 0.416 e. The summed E-state index contributed by atoms with van der Waals surface area (Å²) in [5.41, 5.74) is -0.619. The van der Waals surface area contributed by atoms with Gasteiger partial charge in [-0.05, 0) is 24.6 Å². The lowest BCUT2D eigenvalue weighted by molar-refractivity contribution is -0.137. The van der Waals surface area contributed by atoms with Crippen LogP contribution < -0.4 is 10.1 Å². The van der Waals surface area contributed by atoms with Crippen LogP contribution in [0.15, 0.2) is 28.4 Å². The molecule has 1 saturated heterocycles. The van der Waals surface area contributed by atoms with Gasteiger partial charge in [-0.25, -0.2) is 0 Å². The highest BCUT2D eigenvalue weighted by molar-refractivity contribution is 8.15. The van der Waals surface area contributed by atoms with E-state index in [0.29, 0.717) is 17.5 Å². The summed E-state index contributed by atoms with van der Waals surface area (Å²) in [5.74, 6) is 0.366. The second-order valence-electron chi connectivity index (χ2n) is 4.59. The molecule has 0 radical (unpaired) electrons. The molecule has 124 valence electrons. The molecule has 0 aromatic heterocycles. The van der Waals surface area contributed by atoms with Crippen molar-refractivity contribution in [3.05, 3.63) is 29.3 Å². The van der Waals surface area contributed by atoms with Gasteiger partial charge in [-0.2, -0.15) is 18.3 Å². The molecule has 0 saturated carbocycles. The van der Waals surface area contributed by atoms with E-state index in [9.17, 15) is 18.0 Å². The Morgan fingerprint density at radius 3 is 2.83 bits per heavy atom. The van der Waals surface area contributed by atoms with E-state index in [2.05, 4.69) is 15.5 Å². The van der Waals surface area contributed by atoms with Crippen molar-refractivity contribution < 1.29 is 22.7 Å². The Morgan fingerprint density at radius 1 is 1.43 bits per heavy atom. The van der Waals surface area contributed by atoms with Gasteiger partial charge in [0, 0.05) is 5.56 Å². The summed E-state index contributed by atoms with van der Waals surface area (Å²) < 4.78 is 43.8. The lowest BCUT2D eigenvalue weighted by Gasteiger charge is -2.11. The fraction of sp³-hybridized carbons (Fsp3) is 0.357. The first kappa shape index (κ1) is 17.3. The van der Waals surface area contributed by atoms with Crippen LogP contribution in [0.25, 0.3) is 0 Å². The largest absolute Gasteiger partial charge is 0.493 e. The van der Waals surface area contributed by atoms with Gasteiger partial charge in [-0.15, -0.1) is 5.10 Å². The summed E-state index contributed by atoms with van der Waals surface area (Å²) in [5, 5.41) is 10.3. The lowest BCUT2D eigenvalue weighted by Crippen LogP contribution is -2.19. The predicted molar refractivity (Wildman–Crippen MR) is 82.9 cm³/mol. The summed E-state index contributed by atoms with van der Waals surface area (Å²) in [6.07, 6.45) is -2.55. The minimum absolute atomic E-state index is 0.173. The second-order valence-corrected chi connectivity index (χ2v) is 5.55. The van der Waals surface area contributed by atoms with Gasteiger partial charge in [0.2, 0.25) is 5.91 Å². The number of carbonyl (C=O) groups excluding carboxylic acids is 1. The summed E-state index contributed by atoms with van der Waals surface area (Å²) >= 11 is 1.18. The SMILES string of the molecule is CCCOc1ccc(C(F)(F)F)cc1C=NN=C1NC(=O)CS1. The Hall–Kier alpha value is -2.03. The first-order valence-corrected chi connectivity index (χ1v) is 7.76. The van der Waals surface area contributed by atoms with Crippen molar-refractivity contribution in [3.8, 4) is 5.75 Å². The monoisotopic (exact) mass is 345 g/mol. The number of nitrogens with zero attached hydrogens (tertiary/aromatic N) is 2. The zero-order valence-electron chi connectivity index (χ0n) is 12.2. The molecular formula is C14H14F3N3O2S. The molecule has 1 aromatic rings. The molecule has 1 amide bonds. The van der Waals surface area contributed by atoms with E-state index in [1.807, 2.05) is 6.92 Å². The van der Waals surface area contributed by atoms with E-state index < -0.39 is 11.7 Å². The third-order valence-electron chi connectivity index (χ3n) is 2.73. The molecule has 1 heterocycles. The van der Waals surface area contributed by atoms with E-state index in [-0.39, 0.29) is 17.2 Å². The Labute approximate surface area is 135 Å². The van der Waals surface area contributed by atoms with Crippen LogP contribution in [-0.2, 0) is 11.0 Å². The zero-order valence-corrected chi connectivity index (χ0v) is 13.0. The number of alkyl halides is 3. The minimum Gasteiger partial charge on any atom is -0.493 e. The van der Waals surface area contributed by atoms with Crippen LogP contribution in [0.1, 0.15) is 24.5 Å². The standard InChI is InChI=1S/C14H14F3N3O2S/c1-2-5-22-11-4-3-10(14(15,16)17)6-9(11)7-18-20-13-19-12(21)8-23-13/h3-4,6-7H,2,5,8H2,1H3,(H,19,20,21). The number of rotatable bonds is 5. The molecule has 9 heteroatoms. The third kappa shape index (κ3) is 4.98. The van der Waals surface area contributed by atoms with Gasteiger partial charge in [-0.1, -0.05) is 18.7 Å². The Kier molecular flexibility index (Phi) is 5.64. The van der Waals surface area contributed by atoms with Gasteiger partial charge >= 0.3 is 6.18 Å². The van der Waals surface area contributed by atoms with Gasteiger partial charge in [0.1, 0.15) is 5.75 Å². The number of ether oxygens (including phenoxy) is 1. The van der Waals surface area contributed by atoms with Crippen molar-refractivity contribution in [2.45, 2.75) is 19.5 Å². The minimum atomic E-state index is -4.45. The van der Waals surface area contributed by atoms with E-state index in [1.165, 1.54) is 24.0 Å². The first-order chi connectivity index (χ1) is 10.9. The predicted octanol–water partition coefficient (Wildman–Crippen LogP) is 3.05. The maximum atomic E-state index is 12.8. The second kappa shape index (κ2) is 7.49. The van der Waals surface area contributed by atoms with Crippen molar-refractivity contribution in [1.29, 1.82) is 0 Å². The van der Waals surface area contributed by atoms with Crippen LogP contribution in [0.5, 0.6) is 5.75 Å². The fourth-order valence-electron chi connectivity index (χ4n) is 1.69. The maximum absolute atomic E-state index is 12.8. The summed E-state index contributed by atoms with van der Waals surface area (Å²) in [6, 6.07) is 3.18. The molecular weight excluding hydrogens is 331 g/mol. The van der Waals surface area contributed by atoms with Gasteiger partial charge in [0.25, 0.3) is 0 Å². The lowest BCUT2D eigenvalue weighted by atomic mass is 10.1. The molecule has 0 atom stereocenters. The number of hydrogen-bond donors (Lipinski definition) is 1. The number of amides is 1. The summed E-state index contributed by atoms with van der Waals surface area (Å²) in [4.78, 5) is 11.0. The Morgan fingerprint density at radius 2 is 2.22 bits per heavy atom. The summed E-state index contributed by atoms with van der Waals surface area (Å²) in [6.45, 7) is 2.27. The highest BCUT2D eigenvalue weighted by Crippen LogP contribution is 2.32. The molecule has 0 spiro atoms. The molecule has 1 fully saturated rings. The first-order valence-electron chi connectivity index (χ1n) is 6.78. The molecule has 1 aromatic carbocycles. The quantitative estimate of drug-likeness (QED) is 0.659. The molecule has 1 aliphatic heterocycles. The molecule has 0 aliphatic carbocycles. The van der Waals surface area contributed by atoms with Gasteiger partial charge in [0.15, 0.2) is 5.17 Å². The highest BCUT2D eigenvalue weighted by atomic mass is 32.2. The van der Waals surface area contributed by atoms with Gasteiger partial charge < -0.3 is 10.1 Å². The fourth-order valence-corrected chi connectivity index (χ4v) is 2.32. The molecule has 1 aliphatic rings. The molecule has 23 heavy (non-hydrogen) atoms. The normalized spacial score (nSPS) is 17.0. The Bertz CT molecular complexity index is 645. The van der Waals surface area contributed by atoms with Crippen LogP contribution in [0.2, 0.25) is 0 Å². The van der Waals surface area contributed by atoms with Crippen LogP contribution in [0.3, 0.4) is 0 Å². The molecule has 0 bridgehead atoms. The van der Waals surface area contributed by atoms with Crippen LogP contribution >= 0.6 is 11.8 Å². The molecule has 2 rings (SSSR count). The van der Waals surface area contributed by atoms with Crippen molar-refractivity contribution >= 4 is 29.1 Å². The van der Waals surface area contributed by atoms with Crippen LogP contribution in [0, 0.1) is 0 Å². The smallest absolute Gasteiger partial charge is 0.416 e. The average Bonchev–Trinajstić information content (AvgIpc) is 2.90. The topological polar surface area (TPSA) is 63.1 Å². The molecule has 0 unspecified atom stereocenters. The van der Waals surface area contributed by atoms with Gasteiger partial charge in [-0.3, -0.25) is 4.79 Å². The van der Waals surface area contributed by atoms with Crippen molar-refractivity contribution in [2.24, 2.45) is 10.2 Å². The van der Waals surface area contributed by atoms with Crippen LogP contribution in [0.4, 0.5) is 13.2 Å². The number of hydrogen-bond acceptors (Lipinski definition) is 5. The number of benzene rings is 1. The number of carbonyl (C=O) groups is 1. The Balaban J connectivity index is 2.23. The molecule has 1 N–H and O–H groups in total.